The molecule has 2 heterocycles. The summed E-state index contributed by atoms with van der Waals surface area (Å²) in [6, 6.07) is 7.33. The maximum atomic E-state index is 13.1. The molecule has 0 N–H and O–H groups in total. The molecule has 7 heteroatoms. The van der Waals surface area contributed by atoms with E-state index in [1.54, 1.807) is 12.1 Å². The van der Waals surface area contributed by atoms with E-state index in [-0.39, 0.29) is 11.8 Å². The highest BCUT2D eigenvalue weighted by Gasteiger charge is 2.30. The number of rotatable bonds is 6. The predicted molar refractivity (Wildman–Crippen MR) is 110 cm³/mol. The summed E-state index contributed by atoms with van der Waals surface area (Å²) in [6.45, 7) is 10.9. The van der Waals surface area contributed by atoms with Gasteiger partial charge in [0.2, 0.25) is 0 Å². The van der Waals surface area contributed by atoms with Crippen LogP contribution in [-0.4, -0.2) is 113 Å². The van der Waals surface area contributed by atoms with Gasteiger partial charge in [-0.2, -0.15) is 0 Å². The van der Waals surface area contributed by atoms with Crippen molar-refractivity contribution >= 4 is 9.84 Å². The topological polar surface area (TPSA) is 47.1 Å². The number of sulfone groups is 1. The molecule has 1 aromatic rings. The maximum absolute atomic E-state index is 13.1. The Kier molecular flexibility index (Phi) is 6.92. The fourth-order valence-electron chi connectivity index (χ4n) is 3.88. The number of nitrogens with zero attached hydrogens (tertiary/aromatic N) is 4. The summed E-state index contributed by atoms with van der Waals surface area (Å²) in [5.41, 5.74) is 1.09. The van der Waals surface area contributed by atoms with Crippen LogP contribution in [0.15, 0.2) is 29.2 Å². The highest BCUT2D eigenvalue weighted by atomic mass is 32.2. The normalized spacial score (nSPS) is 22.8. The minimum absolute atomic E-state index is 0.0495. The van der Waals surface area contributed by atoms with Crippen molar-refractivity contribution in [2.24, 2.45) is 0 Å². The third-order valence-electron chi connectivity index (χ3n) is 5.91. The van der Waals surface area contributed by atoms with E-state index in [4.69, 9.17) is 0 Å². The molecule has 0 spiro atoms. The van der Waals surface area contributed by atoms with Crippen LogP contribution >= 0.6 is 0 Å². The highest BCUT2D eigenvalue weighted by molar-refractivity contribution is 7.91. The van der Waals surface area contributed by atoms with Gasteiger partial charge in [0, 0.05) is 64.9 Å². The molecule has 2 aliphatic rings. The number of benzene rings is 1. The number of aryl methyl sites for hydroxylation is 1. The zero-order chi connectivity index (χ0) is 19.4. The summed E-state index contributed by atoms with van der Waals surface area (Å²) in [6.07, 6.45) is 0. The fourth-order valence-corrected chi connectivity index (χ4v) is 5.45. The van der Waals surface area contributed by atoms with Crippen LogP contribution < -0.4 is 0 Å². The Labute approximate surface area is 164 Å². The molecule has 1 aromatic carbocycles. The van der Waals surface area contributed by atoms with Gasteiger partial charge >= 0.3 is 0 Å². The second-order valence-corrected chi connectivity index (χ2v) is 10.2. The largest absolute Gasteiger partial charge is 0.304 e. The monoisotopic (exact) mass is 394 g/mol. The van der Waals surface area contributed by atoms with E-state index in [9.17, 15) is 8.42 Å². The molecule has 0 bridgehead atoms. The zero-order valence-corrected chi connectivity index (χ0v) is 17.8. The van der Waals surface area contributed by atoms with E-state index in [1.165, 1.54) is 0 Å². The molecule has 0 saturated carbocycles. The molecule has 0 amide bonds. The highest BCUT2D eigenvalue weighted by Crippen LogP contribution is 2.17. The average Bonchev–Trinajstić information content (AvgIpc) is 2.64. The molecule has 2 fully saturated rings. The van der Waals surface area contributed by atoms with Crippen molar-refractivity contribution in [2.75, 3.05) is 78.8 Å². The number of hydrogen-bond donors (Lipinski definition) is 0. The quantitative estimate of drug-likeness (QED) is 0.705. The van der Waals surface area contributed by atoms with Crippen LogP contribution in [0.25, 0.3) is 0 Å². The first-order valence-corrected chi connectivity index (χ1v) is 11.6. The summed E-state index contributed by atoms with van der Waals surface area (Å²) in [5, 5.41) is 0. The standard InChI is InChI=1S/C20H34N4O2S/c1-18-4-6-20(7-5-18)27(25,26)17-19(24-14-10-22(3)11-15-24)16-23-12-8-21(2)9-13-23/h4-7,19H,8-17H2,1-3H3/t19-/m1/s1. The molecule has 0 radical (unpaired) electrons. The Morgan fingerprint density at radius 1 is 0.852 bits per heavy atom. The minimum Gasteiger partial charge on any atom is -0.304 e. The van der Waals surface area contributed by atoms with Crippen molar-refractivity contribution in [1.29, 1.82) is 0 Å². The molecular weight excluding hydrogens is 360 g/mol. The number of hydrogen-bond acceptors (Lipinski definition) is 6. The lowest BCUT2D eigenvalue weighted by atomic mass is 10.2. The number of piperazine rings is 2. The SMILES string of the molecule is Cc1ccc(S(=O)(=O)C[C@@H](CN2CCN(C)CC2)N2CCN(C)CC2)cc1. The van der Waals surface area contributed by atoms with Gasteiger partial charge in [-0.15, -0.1) is 0 Å². The Balaban J connectivity index is 1.73. The van der Waals surface area contributed by atoms with Crippen molar-refractivity contribution in [3.63, 3.8) is 0 Å². The summed E-state index contributed by atoms with van der Waals surface area (Å²) < 4.78 is 26.2. The van der Waals surface area contributed by atoms with Gasteiger partial charge < -0.3 is 9.80 Å². The second kappa shape index (κ2) is 9.01. The van der Waals surface area contributed by atoms with Crippen molar-refractivity contribution in [3.8, 4) is 0 Å². The molecule has 3 rings (SSSR count). The molecule has 0 unspecified atom stereocenters. The van der Waals surface area contributed by atoms with Gasteiger partial charge in [-0.1, -0.05) is 17.7 Å². The summed E-state index contributed by atoms with van der Waals surface area (Å²) in [7, 11) is 0.992. The van der Waals surface area contributed by atoms with Crippen molar-refractivity contribution in [3.05, 3.63) is 29.8 Å². The van der Waals surface area contributed by atoms with Crippen LogP contribution in [0.1, 0.15) is 5.56 Å². The average molecular weight is 395 g/mol. The van der Waals surface area contributed by atoms with Gasteiger partial charge in [-0.05, 0) is 33.2 Å². The van der Waals surface area contributed by atoms with E-state index in [0.29, 0.717) is 4.90 Å². The lowest BCUT2D eigenvalue weighted by molar-refractivity contribution is 0.0773. The molecular formula is C20H34N4O2S. The van der Waals surface area contributed by atoms with Gasteiger partial charge in [0.25, 0.3) is 0 Å². The van der Waals surface area contributed by atoms with E-state index in [2.05, 4.69) is 33.7 Å². The van der Waals surface area contributed by atoms with Gasteiger partial charge in [-0.3, -0.25) is 9.80 Å². The van der Waals surface area contributed by atoms with Crippen molar-refractivity contribution < 1.29 is 8.42 Å². The lowest BCUT2D eigenvalue weighted by Gasteiger charge is -2.41. The molecule has 6 nitrogen and oxygen atoms in total. The Hall–Kier alpha value is -0.990. The smallest absolute Gasteiger partial charge is 0.179 e. The van der Waals surface area contributed by atoms with Gasteiger partial charge in [0.1, 0.15) is 0 Å². The predicted octanol–water partition coefficient (Wildman–Crippen LogP) is 0.632. The van der Waals surface area contributed by atoms with E-state index in [0.717, 1.165) is 64.5 Å². The number of likely N-dealkylation sites (N-methyl/N-ethyl adjacent to an activating group) is 2. The fraction of sp³-hybridized carbons (Fsp3) is 0.700. The third kappa shape index (κ3) is 5.74. The van der Waals surface area contributed by atoms with Crippen LogP contribution in [-0.2, 0) is 9.84 Å². The Morgan fingerprint density at radius 2 is 1.37 bits per heavy atom. The van der Waals surface area contributed by atoms with Gasteiger partial charge in [0.05, 0.1) is 10.6 Å². The molecule has 1 atom stereocenters. The van der Waals surface area contributed by atoms with Crippen LogP contribution in [0.5, 0.6) is 0 Å². The summed E-state index contributed by atoms with van der Waals surface area (Å²) in [5.74, 6) is 0.201. The Bertz CT molecular complexity index is 691. The second-order valence-electron chi connectivity index (χ2n) is 8.19. The van der Waals surface area contributed by atoms with Crippen LogP contribution in [0.4, 0.5) is 0 Å². The Morgan fingerprint density at radius 3 is 1.93 bits per heavy atom. The summed E-state index contributed by atoms with van der Waals surface area (Å²) in [4.78, 5) is 9.94. The van der Waals surface area contributed by atoms with Crippen LogP contribution in [0.3, 0.4) is 0 Å². The lowest BCUT2D eigenvalue weighted by Crippen LogP contribution is -2.56. The van der Waals surface area contributed by atoms with E-state index in [1.807, 2.05) is 19.1 Å². The van der Waals surface area contributed by atoms with Gasteiger partial charge in [-0.25, -0.2) is 8.42 Å². The summed E-state index contributed by atoms with van der Waals surface area (Å²) >= 11 is 0. The molecule has 2 aliphatic heterocycles. The molecule has 27 heavy (non-hydrogen) atoms. The third-order valence-corrected chi connectivity index (χ3v) is 7.73. The molecule has 152 valence electrons. The maximum Gasteiger partial charge on any atom is 0.179 e. The van der Waals surface area contributed by atoms with Gasteiger partial charge in [0.15, 0.2) is 9.84 Å². The first kappa shape index (κ1) is 20.7. The van der Waals surface area contributed by atoms with Crippen molar-refractivity contribution in [1.82, 2.24) is 19.6 Å². The zero-order valence-electron chi connectivity index (χ0n) is 17.0. The van der Waals surface area contributed by atoms with Crippen LogP contribution in [0.2, 0.25) is 0 Å². The van der Waals surface area contributed by atoms with Crippen molar-refractivity contribution in [2.45, 2.75) is 17.9 Å². The van der Waals surface area contributed by atoms with E-state index < -0.39 is 9.84 Å². The molecule has 0 aliphatic carbocycles. The molecule has 0 aromatic heterocycles. The van der Waals surface area contributed by atoms with E-state index >= 15 is 0 Å². The minimum atomic E-state index is -3.29. The molecule has 2 saturated heterocycles. The first-order chi connectivity index (χ1) is 12.8. The first-order valence-electron chi connectivity index (χ1n) is 9.96. The van der Waals surface area contributed by atoms with Crippen LogP contribution in [0, 0.1) is 6.92 Å².